The Balaban J connectivity index is 2.35. The summed E-state index contributed by atoms with van der Waals surface area (Å²) >= 11 is 0. The molecule has 98 valence electrons. The smallest absolute Gasteiger partial charge is 0.175 e. The van der Waals surface area contributed by atoms with Crippen LogP contribution in [0.4, 0.5) is 0 Å². The fraction of sp³-hybridized carbons (Fsp3) is 0.500. The molecule has 0 spiro atoms. The lowest BCUT2D eigenvalue weighted by Crippen LogP contribution is -2.41. The summed E-state index contributed by atoms with van der Waals surface area (Å²) in [5, 5.41) is 9.45. The summed E-state index contributed by atoms with van der Waals surface area (Å²) in [6.07, 6.45) is 2.49. The van der Waals surface area contributed by atoms with Gasteiger partial charge in [-0.15, -0.1) is 0 Å². The standard InChI is InChI=1S/C14H18O4/c1-17-10-4-5-11(12(8-10)18-2)13(16)14(9-15)6-3-7-14/h4-5,8,15H,3,6-7,9H2,1-2H3. The van der Waals surface area contributed by atoms with Gasteiger partial charge in [0.05, 0.1) is 31.8 Å². The quantitative estimate of drug-likeness (QED) is 0.813. The maximum absolute atomic E-state index is 12.5. The van der Waals surface area contributed by atoms with Crippen molar-refractivity contribution in [2.75, 3.05) is 20.8 Å². The van der Waals surface area contributed by atoms with E-state index in [1.165, 1.54) is 7.11 Å². The number of carbonyl (C=O) groups excluding carboxylic acids is 1. The zero-order chi connectivity index (χ0) is 13.2. The average molecular weight is 250 g/mol. The Hall–Kier alpha value is -1.55. The minimum absolute atomic E-state index is 0.0317. The van der Waals surface area contributed by atoms with Crippen LogP contribution >= 0.6 is 0 Å². The summed E-state index contributed by atoms with van der Waals surface area (Å²) < 4.78 is 10.3. The summed E-state index contributed by atoms with van der Waals surface area (Å²) in [7, 11) is 3.09. The molecule has 0 saturated heterocycles. The molecule has 1 saturated carbocycles. The number of benzene rings is 1. The Bertz CT molecular complexity index is 444. The first-order valence-corrected chi connectivity index (χ1v) is 6.04. The van der Waals surface area contributed by atoms with Gasteiger partial charge in [0.25, 0.3) is 0 Å². The van der Waals surface area contributed by atoms with Crippen molar-refractivity contribution < 1.29 is 19.4 Å². The van der Waals surface area contributed by atoms with E-state index in [2.05, 4.69) is 0 Å². The second-order valence-corrected chi connectivity index (χ2v) is 4.69. The lowest BCUT2D eigenvalue weighted by Gasteiger charge is -2.38. The molecule has 4 nitrogen and oxygen atoms in total. The van der Waals surface area contributed by atoms with Gasteiger partial charge in [-0.3, -0.25) is 4.79 Å². The molecule has 0 unspecified atom stereocenters. The maximum atomic E-state index is 12.5. The van der Waals surface area contributed by atoms with Gasteiger partial charge in [0.2, 0.25) is 0 Å². The van der Waals surface area contributed by atoms with Crippen LogP contribution in [0, 0.1) is 5.41 Å². The molecule has 1 aromatic rings. The molecule has 18 heavy (non-hydrogen) atoms. The molecular weight excluding hydrogens is 232 g/mol. The Kier molecular flexibility index (Phi) is 3.57. The van der Waals surface area contributed by atoms with Crippen LogP contribution in [-0.2, 0) is 0 Å². The van der Waals surface area contributed by atoms with E-state index in [1.54, 1.807) is 25.3 Å². The van der Waals surface area contributed by atoms with E-state index in [0.717, 1.165) is 19.3 Å². The van der Waals surface area contributed by atoms with E-state index in [0.29, 0.717) is 17.1 Å². The van der Waals surface area contributed by atoms with Crippen molar-refractivity contribution in [3.05, 3.63) is 23.8 Å². The van der Waals surface area contributed by atoms with E-state index >= 15 is 0 Å². The summed E-state index contributed by atoms with van der Waals surface area (Å²) in [5.41, 5.74) is -0.0750. The first-order chi connectivity index (χ1) is 8.66. The van der Waals surface area contributed by atoms with Gasteiger partial charge in [-0.25, -0.2) is 0 Å². The molecule has 0 heterocycles. The molecule has 0 aliphatic heterocycles. The lowest BCUT2D eigenvalue weighted by molar-refractivity contribution is 0.0345. The summed E-state index contributed by atoms with van der Waals surface area (Å²) in [4.78, 5) is 12.5. The predicted molar refractivity (Wildman–Crippen MR) is 67.2 cm³/mol. The first-order valence-electron chi connectivity index (χ1n) is 6.04. The van der Waals surface area contributed by atoms with E-state index in [1.807, 2.05) is 0 Å². The van der Waals surface area contributed by atoms with Gasteiger partial charge in [0, 0.05) is 6.07 Å². The van der Waals surface area contributed by atoms with Crippen LogP contribution in [-0.4, -0.2) is 31.7 Å². The molecule has 1 fully saturated rings. The Morgan fingerprint density at radius 3 is 2.50 bits per heavy atom. The highest BCUT2D eigenvalue weighted by atomic mass is 16.5. The lowest BCUT2D eigenvalue weighted by atomic mass is 9.65. The van der Waals surface area contributed by atoms with Crippen molar-refractivity contribution in [3.63, 3.8) is 0 Å². The van der Waals surface area contributed by atoms with Gasteiger partial charge in [-0.2, -0.15) is 0 Å². The van der Waals surface area contributed by atoms with Crippen molar-refractivity contribution in [2.24, 2.45) is 5.41 Å². The number of hydrogen-bond donors (Lipinski definition) is 1. The molecule has 2 rings (SSSR count). The third-order valence-electron chi connectivity index (χ3n) is 3.75. The monoisotopic (exact) mass is 250 g/mol. The number of aliphatic hydroxyl groups excluding tert-OH is 1. The molecule has 0 radical (unpaired) electrons. The number of ether oxygens (including phenoxy) is 2. The number of rotatable bonds is 5. The van der Waals surface area contributed by atoms with Gasteiger partial charge in [0.15, 0.2) is 5.78 Å². The van der Waals surface area contributed by atoms with Crippen LogP contribution in [0.3, 0.4) is 0 Å². The fourth-order valence-corrected chi connectivity index (χ4v) is 2.33. The largest absolute Gasteiger partial charge is 0.497 e. The molecule has 1 aliphatic rings. The molecule has 0 aromatic heterocycles. The fourth-order valence-electron chi connectivity index (χ4n) is 2.33. The van der Waals surface area contributed by atoms with Gasteiger partial charge < -0.3 is 14.6 Å². The Morgan fingerprint density at radius 1 is 1.33 bits per heavy atom. The number of hydrogen-bond acceptors (Lipinski definition) is 4. The third kappa shape index (κ3) is 1.97. The zero-order valence-electron chi connectivity index (χ0n) is 10.7. The third-order valence-corrected chi connectivity index (χ3v) is 3.75. The van der Waals surface area contributed by atoms with Gasteiger partial charge >= 0.3 is 0 Å². The molecule has 1 N–H and O–H groups in total. The minimum atomic E-state index is -0.595. The van der Waals surface area contributed by atoms with Crippen LogP contribution in [0.5, 0.6) is 11.5 Å². The van der Waals surface area contributed by atoms with E-state index in [9.17, 15) is 9.90 Å². The molecule has 0 bridgehead atoms. The highest BCUT2D eigenvalue weighted by molar-refractivity contribution is 6.03. The summed E-state index contributed by atoms with van der Waals surface area (Å²) in [6.45, 7) is -0.0962. The van der Waals surface area contributed by atoms with Crippen LogP contribution in [0.2, 0.25) is 0 Å². The van der Waals surface area contributed by atoms with Crippen LogP contribution in [0.25, 0.3) is 0 Å². The van der Waals surface area contributed by atoms with Crippen LogP contribution in [0.1, 0.15) is 29.6 Å². The van der Waals surface area contributed by atoms with E-state index in [4.69, 9.17) is 9.47 Å². The highest BCUT2D eigenvalue weighted by Crippen LogP contribution is 2.44. The number of carbonyl (C=O) groups is 1. The molecule has 1 aromatic carbocycles. The predicted octanol–water partition coefficient (Wildman–Crippen LogP) is 2.05. The number of methoxy groups -OCH3 is 2. The van der Waals surface area contributed by atoms with E-state index < -0.39 is 5.41 Å². The van der Waals surface area contributed by atoms with Crippen LogP contribution in [0.15, 0.2) is 18.2 Å². The topological polar surface area (TPSA) is 55.8 Å². The normalized spacial score (nSPS) is 16.8. The van der Waals surface area contributed by atoms with Gasteiger partial charge in [-0.05, 0) is 25.0 Å². The summed E-state index contributed by atoms with van der Waals surface area (Å²) in [5.74, 6) is 1.12. The molecular formula is C14H18O4. The molecule has 4 heteroatoms. The van der Waals surface area contributed by atoms with Crippen molar-refractivity contribution in [1.82, 2.24) is 0 Å². The molecule has 1 aliphatic carbocycles. The SMILES string of the molecule is COc1ccc(C(=O)C2(CO)CCC2)c(OC)c1. The van der Waals surface area contributed by atoms with Crippen molar-refractivity contribution in [2.45, 2.75) is 19.3 Å². The Labute approximate surface area is 107 Å². The highest BCUT2D eigenvalue weighted by Gasteiger charge is 2.44. The Morgan fingerprint density at radius 2 is 2.06 bits per heavy atom. The zero-order valence-corrected chi connectivity index (χ0v) is 10.7. The number of aliphatic hydroxyl groups is 1. The average Bonchev–Trinajstić information content (AvgIpc) is 2.37. The van der Waals surface area contributed by atoms with Gasteiger partial charge in [0.1, 0.15) is 11.5 Å². The first kappa shape index (κ1) is 12.9. The summed E-state index contributed by atoms with van der Waals surface area (Å²) in [6, 6.07) is 5.13. The van der Waals surface area contributed by atoms with Crippen molar-refractivity contribution in [3.8, 4) is 11.5 Å². The number of Topliss-reactive ketones (excluding diaryl/α,β-unsaturated/α-hetero) is 1. The number of ketones is 1. The minimum Gasteiger partial charge on any atom is -0.497 e. The van der Waals surface area contributed by atoms with Gasteiger partial charge in [-0.1, -0.05) is 6.42 Å². The van der Waals surface area contributed by atoms with Crippen LogP contribution < -0.4 is 9.47 Å². The van der Waals surface area contributed by atoms with Crippen molar-refractivity contribution in [1.29, 1.82) is 0 Å². The second kappa shape index (κ2) is 4.98. The second-order valence-electron chi connectivity index (χ2n) is 4.69. The maximum Gasteiger partial charge on any atom is 0.175 e. The van der Waals surface area contributed by atoms with E-state index in [-0.39, 0.29) is 12.4 Å². The van der Waals surface area contributed by atoms with Crippen molar-refractivity contribution >= 4 is 5.78 Å². The molecule has 0 atom stereocenters. The molecule has 0 amide bonds.